The lowest BCUT2D eigenvalue weighted by Gasteiger charge is -2.36. The summed E-state index contributed by atoms with van der Waals surface area (Å²) in [5, 5.41) is 9.36. The van der Waals surface area contributed by atoms with Crippen molar-refractivity contribution in [3.8, 4) is 29.2 Å². The zero-order valence-corrected chi connectivity index (χ0v) is 37.4. The number of benzene rings is 2. The molecule has 4 aromatic rings. The van der Waals surface area contributed by atoms with Gasteiger partial charge in [-0.2, -0.15) is 0 Å². The van der Waals surface area contributed by atoms with Crippen LogP contribution in [0.5, 0.6) is 5.75 Å². The fourth-order valence-electron chi connectivity index (χ4n) is 10.2. The third-order valence-corrected chi connectivity index (χ3v) is 13.9. The van der Waals surface area contributed by atoms with Crippen molar-refractivity contribution < 1.29 is 47.0 Å². The van der Waals surface area contributed by atoms with Crippen LogP contribution in [0.15, 0.2) is 47.1 Å². The molecule has 1 saturated carbocycles. The number of rotatable bonds is 13. The van der Waals surface area contributed by atoms with Gasteiger partial charge in [0.05, 0.1) is 54.3 Å². The fraction of sp³-hybridized carbons (Fsp3) is 0.469. The van der Waals surface area contributed by atoms with Crippen molar-refractivity contribution in [3.05, 3.63) is 70.7 Å². The van der Waals surface area contributed by atoms with Crippen LogP contribution in [0.4, 0.5) is 10.1 Å². The molecule has 4 atom stereocenters. The number of oxazole rings is 1. The molecule has 9 rings (SSSR count). The van der Waals surface area contributed by atoms with Crippen LogP contribution >= 0.6 is 0 Å². The number of nitrogens with one attached hydrogen (secondary N) is 3. The summed E-state index contributed by atoms with van der Waals surface area (Å²) in [6, 6.07) is 6.65. The molecule has 67 heavy (non-hydrogen) atoms. The first-order chi connectivity index (χ1) is 32.4. The predicted molar refractivity (Wildman–Crippen MR) is 241 cm³/mol. The lowest BCUT2D eigenvalue weighted by Crippen LogP contribution is -2.54. The first-order valence-corrected chi connectivity index (χ1v) is 23.1. The van der Waals surface area contributed by atoms with Gasteiger partial charge in [0.25, 0.3) is 23.6 Å². The van der Waals surface area contributed by atoms with Gasteiger partial charge in [0.1, 0.15) is 23.2 Å². The van der Waals surface area contributed by atoms with E-state index in [9.17, 15) is 33.2 Å². The highest BCUT2D eigenvalue weighted by molar-refractivity contribution is 6.25. The maximum atomic E-state index is 14.6. The van der Waals surface area contributed by atoms with Crippen molar-refractivity contribution >= 4 is 51.9 Å². The highest BCUT2D eigenvalue weighted by Gasteiger charge is 2.46. The molecular formula is C49H53FN8O9. The molecule has 6 amide bonds. The summed E-state index contributed by atoms with van der Waals surface area (Å²) >= 11 is 0. The summed E-state index contributed by atoms with van der Waals surface area (Å²) in [6.45, 7) is 5.56. The molecular weight excluding hydrogens is 864 g/mol. The van der Waals surface area contributed by atoms with Gasteiger partial charge in [0.2, 0.25) is 17.7 Å². The number of carbonyl (C=O) groups excluding carboxylic acids is 6. The number of hydrogen-bond donors (Lipinski definition) is 4. The molecule has 17 nitrogen and oxygen atoms in total. The van der Waals surface area contributed by atoms with Gasteiger partial charge in [-0.15, -0.1) is 0 Å². The molecule has 0 radical (unpaired) electrons. The van der Waals surface area contributed by atoms with Gasteiger partial charge < -0.3 is 35.2 Å². The van der Waals surface area contributed by atoms with Gasteiger partial charge in [0, 0.05) is 67.1 Å². The number of amides is 6. The second-order valence-electron chi connectivity index (χ2n) is 18.0. The lowest BCUT2D eigenvalue weighted by atomic mass is 9.81. The number of halogens is 1. The Bertz CT molecular complexity index is 2700. The number of fused-ring (bicyclic) bond motifs is 2. The number of ether oxygens (including phenoxy) is 2. The first-order valence-electron chi connectivity index (χ1n) is 23.1. The Labute approximate surface area is 386 Å². The van der Waals surface area contributed by atoms with Crippen molar-refractivity contribution in [3.63, 3.8) is 0 Å². The van der Waals surface area contributed by atoms with Gasteiger partial charge >= 0.3 is 0 Å². The van der Waals surface area contributed by atoms with Crippen LogP contribution in [-0.4, -0.2) is 113 Å². The van der Waals surface area contributed by atoms with E-state index in [-0.39, 0.29) is 53.2 Å². The smallest absolute Gasteiger partial charge is 0.264 e. The number of pyridine rings is 1. The molecule has 6 heterocycles. The van der Waals surface area contributed by atoms with E-state index in [1.54, 1.807) is 36.5 Å². The Hall–Kier alpha value is -6.71. The average Bonchev–Trinajstić information content (AvgIpc) is 4.00. The van der Waals surface area contributed by atoms with Crippen LogP contribution in [0.2, 0.25) is 0 Å². The number of piperidine rings is 2. The summed E-state index contributed by atoms with van der Waals surface area (Å²) in [5.41, 5.74) is 7.90. The Morgan fingerprint density at radius 1 is 0.985 bits per heavy atom. The Balaban J connectivity index is 0.762. The number of anilines is 1. The fourth-order valence-corrected chi connectivity index (χ4v) is 10.2. The second kappa shape index (κ2) is 19.3. The van der Waals surface area contributed by atoms with Crippen LogP contribution in [0.1, 0.15) is 113 Å². The number of imide groups is 2. The van der Waals surface area contributed by atoms with Gasteiger partial charge in [-0.3, -0.25) is 39.0 Å². The van der Waals surface area contributed by atoms with Crippen LogP contribution in [0, 0.1) is 29.6 Å². The minimum absolute atomic E-state index is 0.0614. The standard InChI is InChI=1S/C49H53FN8O9/c1-3-30-41(50)46(62)56-42(30)38-24-54-47(67-38)43-33-22-37(65-2)34(44(51)60)21-32(33)28(23-53-43)12-11-26-7-9-27(10-8-26)25-57-18-15-29(16-19-57)66-20-17-52-35-6-4-5-31-40(35)49(64)58(48(31)63)36-13-14-39(59)55-45(36)61/h4-6,21-24,26-27,29-30,36,41-42,52H,3,7-10,13-20,25H2,1-2H3,(H2,51,60)(H,56,62)(H,55,59,61)/t26?,27?,30-,36?,41+,42?/m1/s1. The van der Waals surface area contributed by atoms with Gasteiger partial charge in [-0.25, -0.2) is 14.4 Å². The highest BCUT2D eigenvalue weighted by Crippen LogP contribution is 2.39. The summed E-state index contributed by atoms with van der Waals surface area (Å²) in [4.78, 5) is 88.0. The topological polar surface area (TPSA) is 228 Å². The third kappa shape index (κ3) is 9.09. The number of alkyl halides is 1. The number of likely N-dealkylation sites (tertiary alicyclic amines) is 1. The van der Waals surface area contributed by atoms with Crippen molar-refractivity contribution in [1.29, 1.82) is 0 Å². The molecule has 5 aliphatic rings. The number of primary amides is 1. The van der Waals surface area contributed by atoms with Gasteiger partial charge in [0.15, 0.2) is 6.17 Å². The molecule has 2 unspecified atom stereocenters. The van der Waals surface area contributed by atoms with Gasteiger partial charge in [-0.05, 0) is 81.5 Å². The lowest BCUT2D eigenvalue weighted by molar-refractivity contribution is -0.136. The quantitative estimate of drug-likeness (QED) is 0.0813. The Kier molecular flexibility index (Phi) is 13.1. The van der Waals surface area contributed by atoms with E-state index in [1.807, 2.05) is 6.92 Å². The Morgan fingerprint density at radius 3 is 2.51 bits per heavy atom. The molecule has 2 aromatic carbocycles. The van der Waals surface area contributed by atoms with E-state index >= 15 is 0 Å². The van der Waals surface area contributed by atoms with Crippen molar-refractivity contribution in [2.45, 2.75) is 89.1 Å². The highest BCUT2D eigenvalue weighted by atomic mass is 19.1. The van der Waals surface area contributed by atoms with Crippen molar-refractivity contribution in [2.75, 3.05) is 45.2 Å². The average molecular weight is 917 g/mol. The van der Waals surface area contributed by atoms with E-state index in [0.717, 1.165) is 63.1 Å². The summed E-state index contributed by atoms with van der Waals surface area (Å²) < 4.78 is 32.5. The maximum absolute atomic E-state index is 14.6. The number of carbonyl (C=O) groups is 6. The summed E-state index contributed by atoms with van der Waals surface area (Å²) in [7, 11) is 1.45. The van der Waals surface area contributed by atoms with Crippen LogP contribution < -0.4 is 26.4 Å². The van der Waals surface area contributed by atoms with Gasteiger partial charge in [-0.1, -0.05) is 24.8 Å². The number of aromatic nitrogens is 2. The molecule has 3 saturated heterocycles. The van der Waals surface area contributed by atoms with E-state index in [0.29, 0.717) is 59.0 Å². The van der Waals surface area contributed by atoms with Crippen LogP contribution in [-0.2, 0) is 19.1 Å². The first kappa shape index (κ1) is 45.4. The van der Waals surface area contributed by atoms with Crippen molar-refractivity contribution in [1.82, 2.24) is 30.4 Å². The largest absolute Gasteiger partial charge is 0.496 e. The molecule has 2 aromatic heterocycles. The minimum Gasteiger partial charge on any atom is -0.496 e. The second-order valence-corrected chi connectivity index (χ2v) is 18.0. The zero-order valence-electron chi connectivity index (χ0n) is 37.4. The van der Waals surface area contributed by atoms with E-state index in [4.69, 9.17) is 24.6 Å². The molecule has 0 spiro atoms. The molecule has 18 heteroatoms. The number of hydrogen-bond acceptors (Lipinski definition) is 13. The Morgan fingerprint density at radius 2 is 1.78 bits per heavy atom. The normalized spacial score (nSPS) is 24.6. The molecule has 350 valence electrons. The van der Waals surface area contributed by atoms with Crippen LogP contribution in [0.3, 0.4) is 0 Å². The molecule has 1 aliphatic carbocycles. The van der Waals surface area contributed by atoms with E-state index in [1.165, 1.54) is 13.3 Å². The number of methoxy groups -OCH3 is 1. The zero-order chi connectivity index (χ0) is 46.9. The molecule has 4 aliphatic heterocycles. The minimum atomic E-state index is -1.64. The summed E-state index contributed by atoms with van der Waals surface area (Å²) in [5.74, 6) is 4.25. The number of nitrogens with zero attached hydrogens (tertiary/aromatic N) is 4. The van der Waals surface area contributed by atoms with E-state index < -0.39 is 59.6 Å². The monoisotopic (exact) mass is 916 g/mol. The van der Waals surface area contributed by atoms with Crippen molar-refractivity contribution in [2.24, 2.45) is 23.5 Å². The maximum Gasteiger partial charge on any atom is 0.264 e. The molecule has 4 fully saturated rings. The molecule has 5 N–H and O–H groups in total. The van der Waals surface area contributed by atoms with E-state index in [2.05, 4.69) is 37.7 Å². The molecule has 0 bridgehead atoms. The SMILES string of the molecule is CC[C@H]1C(c2cnc(-c3ncc(C#CC4CCC(CN5CCC(OCCNc6cccc7c6C(=O)N(C6CCC(=O)NC6=O)C7=O)CC5)CC4)c4cc(C(N)=O)c(OC)cc34)o2)NC(=O)[C@H]1F. The third-order valence-electron chi connectivity index (χ3n) is 13.9. The van der Waals surface area contributed by atoms with Crippen LogP contribution in [0.25, 0.3) is 22.4 Å². The number of nitrogens with two attached hydrogens (primary N) is 1. The summed E-state index contributed by atoms with van der Waals surface area (Å²) in [6.07, 6.45) is 8.03. The predicted octanol–water partition coefficient (Wildman–Crippen LogP) is 4.68.